The van der Waals surface area contributed by atoms with Crippen molar-refractivity contribution < 1.29 is 14.4 Å². The van der Waals surface area contributed by atoms with E-state index in [2.05, 4.69) is 19.2 Å². The average Bonchev–Trinajstić information content (AvgIpc) is 2.68. The molecular weight excluding hydrogens is 268 g/mol. The van der Waals surface area contributed by atoms with Gasteiger partial charge in [-0.15, -0.1) is 0 Å². The molecule has 21 heavy (non-hydrogen) atoms. The Morgan fingerprint density at radius 1 is 1.29 bits per heavy atom. The standard InChI is InChI=1S/C16H28N2O3/c1-11(2)6-5-8-17-14(19)7-9-18-15(20)10-13(12(3)4)16(18)21/h11-13H,5-10H2,1-4H3,(H,17,19). The Morgan fingerprint density at radius 2 is 1.95 bits per heavy atom. The summed E-state index contributed by atoms with van der Waals surface area (Å²) in [6, 6.07) is 0. The Kier molecular flexibility index (Phi) is 6.85. The number of hydrogen-bond donors (Lipinski definition) is 1. The third-order valence-electron chi connectivity index (χ3n) is 3.93. The summed E-state index contributed by atoms with van der Waals surface area (Å²) in [5.41, 5.74) is 0. The van der Waals surface area contributed by atoms with E-state index in [1.54, 1.807) is 0 Å². The Bertz CT molecular complexity index is 391. The largest absolute Gasteiger partial charge is 0.356 e. The molecule has 1 heterocycles. The highest BCUT2D eigenvalue weighted by molar-refractivity contribution is 6.03. The summed E-state index contributed by atoms with van der Waals surface area (Å²) in [7, 11) is 0. The van der Waals surface area contributed by atoms with Gasteiger partial charge in [-0.25, -0.2) is 0 Å². The summed E-state index contributed by atoms with van der Waals surface area (Å²) in [6.45, 7) is 9.06. The third kappa shape index (κ3) is 5.48. The number of imide groups is 1. The molecule has 5 heteroatoms. The molecule has 0 radical (unpaired) electrons. The molecule has 0 spiro atoms. The van der Waals surface area contributed by atoms with Crippen molar-refractivity contribution in [2.45, 2.75) is 53.4 Å². The second-order valence-corrected chi connectivity index (χ2v) is 6.57. The number of amides is 3. The summed E-state index contributed by atoms with van der Waals surface area (Å²) in [5, 5.41) is 2.84. The molecule has 1 unspecified atom stereocenters. The normalized spacial score (nSPS) is 19.0. The topological polar surface area (TPSA) is 66.5 Å². The molecule has 1 saturated heterocycles. The molecule has 1 atom stereocenters. The molecule has 0 aromatic rings. The van der Waals surface area contributed by atoms with E-state index in [9.17, 15) is 14.4 Å². The van der Waals surface area contributed by atoms with E-state index in [1.807, 2.05) is 13.8 Å². The summed E-state index contributed by atoms with van der Waals surface area (Å²) in [4.78, 5) is 36.9. The van der Waals surface area contributed by atoms with E-state index in [0.29, 0.717) is 12.5 Å². The zero-order valence-corrected chi connectivity index (χ0v) is 13.6. The van der Waals surface area contributed by atoms with E-state index in [1.165, 1.54) is 4.90 Å². The number of carbonyl (C=O) groups is 3. The maximum atomic E-state index is 12.1. The molecule has 1 fully saturated rings. The van der Waals surface area contributed by atoms with Crippen molar-refractivity contribution in [3.8, 4) is 0 Å². The Labute approximate surface area is 127 Å². The van der Waals surface area contributed by atoms with Crippen molar-refractivity contribution in [3.05, 3.63) is 0 Å². The fourth-order valence-corrected chi connectivity index (χ4v) is 2.50. The molecular formula is C16H28N2O3. The van der Waals surface area contributed by atoms with Crippen molar-refractivity contribution in [2.24, 2.45) is 17.8 Å². The highest BCUT2D eigenvalue weighted by Gasteiger charge is 2.39. The lowest BCUT2D eigenvalue weighted by Gasteiger charge is -2.16. The first-order valence-electron chi connectivity index (χ1n) is 7.93. The summed E-state index contributed by atoms with van der Waals surface area (Å²) in [5.74, 6) is 0.221. The van der Waals surface area contributed by atoms with E-state index in [4.69, 9.17) is 0 Å². The van der Waals surface area contributed by atoms with Crippen LogP contribution >= 0.6 is 0 Å². The van der Waals surface area contributed by atoms with Crippen LogP contribution in [0.15, 0.2) is 0 Å². The summed E-state index contributed by atoms with van der Waals surface area (Å²) in [6.07, 6.45) is 2.52. The predicted octanol–water partition coefficient (Wildman–Crippen LogP) is 1.96. The van der Waals surface area contributed by atoms with Gasteiger partial charge in [0.2, 0.25) is 17.7 Å². The maximum Gasteiger partial charge on any atom is 0.233 e. The number of likely N-dealkylation sites (tertiary alicyclic amines) is 1. The molecule has 0 bridgehead atoms. The first-order valence-corrected chi connectivity index (χ1v) is 7.93. The van der Waals surface area contributed by atoms with Crippen LogP contribution in [-0.2, 0) is 14.4 Å². The van der Waals surface area contributed by atoms with Crippen LogP contribution in [0.4, 0.5) is 0 Å². The van der Waals surface area contributed by atoms with Crippen LogP contribution in [0.5, 0.6) is 0 Å². The number of rotatable bonds is 8. The van der Waals surface area contributed by atoms with Gasteiger partial charge in [0.15, 0.2) is 0 Å². The minimum absolute atomic E-state index is 0.0904. The van der Waals surface area contributed by atoms with Crippen LogP contribution in [0.3, 0.4) is 0 Å². The van der Waals surface area contributed by atoms with Crippen LogP contribution in [-0.4, -0.2) is 35.7 Å². The molecule has 0 saturated carbocycles. The number of carbonyl (C=O) groups excluding carboxylic acids is 3. The third-order valence-corrected chi connectivity index (χ3v) is 3.93. The minimum atomic E-state index is -0.216. The van der Waals surface area contributed by atoms with E-state index < -0.39 is 0 Å². The lowest BCUT2D eigenvalue weighted by molar-refractivity contribution is -0.140. The van der Waals surface area contributed by atoms with Gasteiger partial charge < -0.3 is 5.32 Å². The van der Waals surface area contributed by atoms with Gasteiger partial charge in [0, 0.05) is 31.8 Å². The lowest BCUT2D eigenvalue weighted by atomic mass is 9.94. The van der Waals surface area contributed by atoms with Gasteiger partial charge in [-0.3, -0.25) is 19.3 Å². The molecule has 1 aliphatic heterocycles. The van der Waals surface area contributed by atoms with Gasteiger partial charge in [0.05, 0.1) is 0 Å². The zero-order valence-electron chi connectivity index (χ0n) is 13.6. The van der Waals surface area contributed by atoms with E-state index >= 15 is 0 Å². The summed E-state index contributed by atoms with van der Waals surface area (Å²) < 4.78 is 0. The molecule has 5 nitrogen and oxygen atoms in total. The van der Waals surface area contributed by atoms with E-state index in [0.717, 1.165) is 12.8 Å². The minimum Gasteiger partial charge on any atom is -0.356 e. The number of nitrogens with zero attached hydrogens (tertiary/aromatic N) is 1. The van der Waals surface area contributed by atoms with Crippen molar-refractivity contribution in [3.63, 3.8) is 0 Å². The van der Waals surface area contributed by atoms with Gasteiger partial charge in [0.1, 0.15) is 0 Å². The number of hydrogen-bond acceptors (Lipinski definition) is 3. The fourth-order valence-electron chi connectivity index (χ4n) is 2.50. The molecule has 0 aromatic carbocycles. The van der Waals surface area contributed by atoms with Crippen LogP contribution in [0.2, 0.25) is 0 Å². The quantitative estimate of drug-likeness (QED) is 0.550. The molecule has 120 valence electrons. The fraction of sp³-hybridized carbons (Fsp3) is 0.812. The summed E-state index contributed by atoms with van der Waals surface area (Å²) >= 11 is 0. The van der Waals surface area contributed by atoms with Crippen molar-refractivity contribution in [1.82, 2.24) is 10.2 Å². The van der Waals surface area contributed by atoms with Gasteiger partial charge in [-0.2, -0.15) is 0 Å². The predicted molar refractivity (Wildman–Crippen MR) is 81.4 cm³/mol. The highest BCUT2D eigenvalue weighted by atomic mass is 16.2. The zero-order chi connectivity index (χ0) is 16.0. The molecule has 1 rings (SSSR count). The molecule has 1 aliphatic rings. The second-order valence-electron chi connectivity index (χ2n) is 6.57. The van der Waals surface area contributed by atoms with Crippen LogP contribution in [0, 0.1) is 17.8 Å². The van der Waals surface area contributed by atoms with Crippen LogP contribution in [0.25, 0.3) is 0 Å². The lowest BCUT2D eigenvalue weighted by Crippen LogP contribution is -2.35. The first-order chi connectivity index (χ1) is 9.82. The monoisotopic (exact) mass is 296 g/mol. The SMILES string of the molecule is CC(C)CCCNC(=O)CCN1C(=O)CC(C(C)C)C1=O. The average molecular weight is 296 g/mol. The highest BCUT2D eigenvalue weighted by Crippen LogP contribution is 2.26. The van der Waals surface area contributed by atoms with E-state index in [-0.39, 0.29) is 48.9 Å². The molecule has 0 aromatic heterocycles. The molecule has 1 N–H and O–H groups in total. The number of nitrogens with one attached hydrogen (secondary N) is 1. The second kappa shape index (κ2) is 8.15. The smallest absolute Gasteiger partial charge is 0.233 e. The molecule has 0 aliphatic carbocycles. The van der Waals surface area contributed by atoms with Gasteiger partial charge in [-0.1, -0.05) is 27.7 Å². The van der Waals surface area contributed by atoms with Crippen molar-refractivity contribution >= 4 is 17.7 Å². The van der Waals surface area contributed by atoms with Crippen molar-refractivity contribution in [2.75, 3.05) is 13.1 Å². The van der Waals surface area contributed by atoms with Gasteiger partial charge >= 0.3 is 0 Å². The van der Waals surface area contributed by atoms with Crippen LogP contribution < -0.4 is 5.32 Å². The van der Waals surface area contributed by atoms with Gasteiger partial charge in [-0.05, 0) is 24.7 Å². The molecule has 3 amide bonds. The Morgan fingerprint density at radius 3 is 2.48 bits per heavy atom. The van der Waals surface area contributed by atoms with Crippen LogP contribution in [0.1, 0.15) is 53.4 Å². The van der Waals surface area contributed by atoms with Crippen molar-refractivity contribution in [1.29, 1.82) is 0 Å². The maximum absolute atomic E-state index is 12.1. The first kappa shape index (κ1) is 17.7. The van der Waals surface area contributed by atoms with Gasteiger partial charge in [0.25, 0.3) is 0 Å². The Hall–Kier alpha value is -1.39. The Balaban J connectivity index is 2.30.